The number of nitrogens with zero attached hydrogens (tertiary/aromatic N) is 4. The van der Waals surface area contributed by atoms with Gasteiger partial charge in [-0.05, 0) is 36.0 Å². The molecule has 1 aliphatic heterocycles. The summed E-state index contributed by atoms with van der Waals surface area (Å²) in [7, 11) is 1.69. The first-order valence-corrected chi connectivity index (χ1v) is 10.8. The summed E-state index contributed by atoms with van der Waals surface area (Å²) in [6.07, 6.45) is 1.99. The molecule has 2 aromatic heterocycles. The SMILES string of the molecule is CCc1nc2sc(C(c3cccc(OC)c3)N3CC(C)CC(C)C3)c(O)n2n1. The second-order valence-electron chi connectivity index (χ2n) is 7.94. The van der Waals surface area contributed by atoms with Crippen molar-refractivity contribution < 1.29 is 9.84 Å². The third-order valence-electron chi connectivity index (χ3n) is 5.48. The Morgan fingerprint density at radius 3 is 2.68 bits per heavy atom. The molecule has 3 atom stereocenters. The van der Waals surface area contributed by atoms with Gasteiger partial charge in [0.2, 0.25) is 10.8 Å². The molecule has 0 aliphatic carbocycles. The quantitative estimate of drug-likeness (QED) is 0.698. The summed E-state index contributed by atoms with van der Waals surface area (Å²) in [5.74, 6) is 3.02. The number of ether oxygens (including phenoxy) is 1. The zero-order valence-electron chi connectivity index (χ0n) is 16.9. The van der Waals surface area contributed by atoms with Crippen LogP contribution in [0.25, 0.3) is 4.96 Å². The Morgan fingerprint density at radius 1 is 1.29 bits per heavy atom. The minimum absolute atomic E-state index is 0.0427. The molecular formula is C21H28N4O2S. The highest BCUT2D eigenvalue weighted by atomic mass is 32.1. The van der Waals surface area contributed by atoms with Gasteiger partial charge in [0.25, 0.3) is 0 Å². The molecule has 1 fully saturated rings. The number of rotatable bonds is 5. The van der Waals surface area contributed by atoms with E-state index in [0.717, 1.165) is 46.5 Å². The van der Waals surface area contributed by atoms with Crippen LogP contribution < -0.4 is 4.74 Å². The van der Waals surface area contributed by atoms with Crippen molar-refractivity contribution in [2.75, 3.05) is 20.2 Å². The summed E-state index contributed by atoms with van der Waals surface area (Å²) in [5.41, 5.74) is 1.12. The second-order valence-corrected chi connectivity index (χ2v) is 8.95. The topological polar surface area (TPSA) is 62.9 Å². The van der Waals surface area contributed by atoms with Crippen molar-refractivity contribution in [3.05, 3.63) is 40.5 Å². The number of hydrogen-bond donors (Lipinski definition) is 1. The predicted octanol–water partition coefficient (Wildman–Crippen LogP) is 4.13. The van der Waals surface area contributed by atoms with Crippen LogP contribution in [0.5, 0.6) is 11.6 Å². The third kappa shape index (κ3) is 3.49. The molecule has 7 heteroatoms. The fourth-order valence-corrected chi connectivity index (χ4v) is 5.52. The molecule has 1 saturated heterocycles. The van der Waals surface area contributed by atoms with Crippen molar-refractivity contribution in [2.24, 2.45) is 11.8 Å². The van der Waals surface area contributed by atoms with E-state index in [1.54, 1.807) is 11.6 Å². The van der Waals surface area contributed by atoms with Gasteiger partial charge in [-0.2, -0.15) is 4.52 Å². The van der Waals surface area contributed by atoms with Crippen LogP contribution in [-0.4, -0.2) is 44.8 Å². The van der Waals surface area contributed by atoms with Crippen LogP contribution in [0, 0.1) is 11.8 Å². The molecule has 28 heavy (non-hydrogen) atoms. The van der Waals surface area contributed by atoms with Crippen LogP contribution in [0.4, 0.5) is 0 Å². The molecule has 0 spiro atoms. The van der Waals surface area contributed by atoms with Crippen LogP contribution in [-0.2, 0) is 6.42 Å². The second kappa shape index (κ2) is 7.72. The van der Waals surface area contributed by atoms with Crippen LogP contribution in [0.2, 0.25) is 0 Å². The zero-order chi connectivity index (χ0) is 19.8. The Kier molecular flexibility index (Phi) is 5.29. The molecule has 0 saturated carbocycles. The lowest BCUT2D eigenvalue weighted by Gasteiger charge is -2.40. The van der Waals surface area contributed by atoms with Gasteiger partial charge in [-0.25, -0.2) is 4.98 Å². The third-order valence-corrected chi connectivity index (χ3v) is 6.55. The van der Waals surface area contributed by atoms with E-state index < -0.39 is 0 Å². The molecule has 1 aromatic carbocycles. The molecular weight excluding hydrogens is 372 g/mol. The lowest BCUT2D eigenvalue weighted by molar-refractivity contribution is 0.111. The molecule has 6 nitrogen and oxygen atoms in total. The largest absolute Gasteiger partial charge is 0.497 e. The predicted molar refractivity (Wildman–Crippen MR) is 111 cm³/mol. The van der Waals surface area contributed by atoms with Gasteiger partial charge in [0.1, 0.15) is 5.75 Å². The minimum atomic E-state index is -0.0427. The number of hydrogen-bond acceptors (Lipinski definition) is 6. The Morgan fingerprint density at radius 2 is 2.04 bits per heavy atom. The van der Waals surface area contributed by atoms with Crippen molar-refractivity contribution in [3.63, 3.8) is 0 Å². The number of benzene rings is 1. The van der Waals surface area contributed by atoms with Gasteiger partial charge in [-0.3, -0.25) is 4.90 Å². The maximum absolute atomic E-state index is 11.0. The van der Waals surface area contributed by atoms with E-state index >= 15 is 0 Å². The van der Waals surface area contributed by atoms with E-state index in [9.17, 15) is 5.11 Å². The smallest absolute Gasteiger partial charge is 0.230 e. The normalized spacial score (nSPS) is 21.9. The first-order valence-electron chi connectivity index (χ1n) is 9.95. The molecule has 0 amide bonds. The number of methoxy groups -OCH3 is 1. The van der Waals surface area contributed by atoms with E-state index in [1.807, 2.05) is 19.1 Å². The average molecular weight is 401 g/mol. The summed E-state index contributed by atoms with van der Waals surface area (Å²) in [6.45, 7) is 8.63. The van der Waals surface area contributed by atoms with Crippen molar-refractivity contribution >= 4 is 16.3 Å². The number of aromatic nitrogens is 3. The van der Waals surface area contributed by atoms with Gasteiger partial charge in [-0.1, -0.05) is 44.2 Å². The standard InChI is InChI=1S/C21H28N4O2S/c1-5-17-22-21-25(23-17)20(26)19(28-21)18(15-7-6-8-16(10-15)27-4)24-11-13(2)9-14(3)12-24/h6-8,10,13-14,18,26H,5,9,11-12H2,1-4H3. The van der Waals surface area contributed by atoms with Gasteiger partial charge >= 0.3 is 0 Å². The molecule has 3 aromatic rings. The Bertz CT molecular complexity index is 957. The molecule has 0 bridgehead atoms. The molecule has 3 heterocycles. The Hall–Kier alpha value is -2.12. The fraction of sp³-hybridized carbons (Fsp3) is 0.524. The monoisotopic (exact) mass is 400 g/mol. The average Bonchev–Trinajstić information content (AvgIpc) is 3.21. The molecule has 3 unspecified atom stereocenters. The van der Waals surface area contributed by atoms with Gasteiger partial charge in [0, 0.05) is 19.5 Å². The van der Waals surface area contributed by atoms with Crippen molar-refractivity contribution in [3.8, 4) is 11.6 Å². The summed E-state index contributed by atoms with van der Waals surface area (Å²) in [4.78, 5) is 8.69. The van der Waals surface area contributed by atoms with Crippen LogP contribution in [0.3, 0.4) is 0 Å². The number of likely N-dealkylation sites (tertiary alicyclic amines) is 1. The molecule has 0 radical (unpaired) electrons. The van der Waals surface area contributed by atoms with Gasteiger partial charge in [-0.15, -0.1) is 5.10 Å². The highest BCUT2D eigenvalue weighted by Gasteiger charge is 2.33. The maximum Gasteiger partial charge on any atom is 0.230 e. The van der Waals surface area contributed by atoms with E-state index in [4.69, 9.17) is 4.74 Å². The fourth-order valence-electron chi connectivity index (χ4n) is 4.38. The molecule has 1 aliphatic rings. The van der Waals surface area contributed by atoms with E-state index in [0.29, 0.717) is 11.8 Å². The van der Waals surface area contributed by atoms with Crippen LogP contribution in [0.15, 0.2) is 24.3 Å². The minimum Gasteiger partial charge on any atom is -0.497 e. The lowest BCUT2D eigenvalue weighted by Crippen LogP contribution is -2.41. The van der Waals surface area contributed by atoms with E-state index in [1.165, 1.54) is 17.8 Å². The number of aryl methyl sites for hydroxylation is 1. The van der Waals surface area contributed by atoms with Crippen LogP contribution in [0.1, 0.15) is 49.5 Å². The van der Waals surface area contributed by atoms with Gasteiger partial charge in [0.05, 0.1) is 18.0 Å². The first kappa shape index (κ1) is 19.2. The zero-order valence-corrected chi connectivity index (χ0v) is 17.7. The summed E-state index contributed by atoms with van der Waals surface area (Å²) in [6, 6.07) is 8.11. The lowest BCUT2D eigenvalue weighted by atomic mass is 9.89. The van der Waals surface area contributed by atoms with E-state index in [2.05, 4.69) is 41.0 Å². The molecule has 1 N–H and O–H groups in total. The maximum atomic E-state index is 11.0. The highest BCUT2D eigenvalue weighted by molar-refractivity contribution is 7.17. The first-order chi connectivity index (χ1) is 13.5. The molecule has 150 valence electrons. The summed E-state index contributed by atoms with van der Waals surface area (Å²) < 4.78 is 7.05. The van der Waals surface area contributed by atoms with E-state index in [-0.39, 0.29) is 11.9 Å². The van der Waals surface area contributed by atoms with Gasteiger partial charge in [0.15, 0.2) is 5.82 Å². The van der Waals surface area contributed by atoms with Crippen molar-refractivity contribution in [1.82, 2.24) is 19.5 Å². The number of fused-ring (bicyclic) bond motifs is 1. The van der Waals surface area contributed by atoms with Crippen molar-refractivity contribution in [2.45, 2.75) is 39.7 Å². The highest BCUT2D eigenvalue weighted by Crippen LogP contribution is 2.42. The summed E-state index contributed by atoms with van der Waals surface area (Å²) in [5, 5.41) is 15.5. The van der Waals surface area contributed by atoms with Crippen LogP contribution >= 0.6 is 11.3 Å². The number of piperidine rings is 1. The Balaban J connectivity index is 1.82. The summed E-state index contributed by atoms with van der Waals surface area (Å²) >= 11 is 1.53. The van der Waals surface area contributed by atoms with Gasteiger partial charge < -0.3 is 9.84 Å². The van der Waals surface area contributed by atoms with Crippen molar-refractivity contribution in [1.29, 1.82) is 0 Å². The number of thiazole rings is 1. The molecule has 4 rings (SSSR count). The number of aromatic hydroxyl groups is 1. The Labute approximate surface area is 169 Å².